The standard InChI is InChI=1S/C11H16N4O/c1-11(2,7-16-3)15-10-9(13)4-8(5-12)6-14-10/h4,6H,7,13H2,1-3H3,(H,14,15). The van der Waals surface area contributed by atoms with E-state index in [0.29, 0.717) is 23.7 Å². The molecule has 0 aromatic carbocycles. The predicted molar refractivity (Wildman–Crippen MR) is 62.9 cm³/mol. The van der Waals surface area contributed by atoms with Crippen molar-refractivity contribution < 1.29 is 4.74 Å². The molecule has 1 heterocycles. The summed E-state index contributed by atoms with van der Waals surface area (Å²) in [6.45, 7) is 4.50. The Morgan fingerprint density at radius 1 is 1.62 bits per heavy atom. The summed E-state index contributed by atoms with van der Waals surface area (Å²) in [6, 6.07) is 3.58. The SMILES string of the molecule is COCC(C)(C)Nc1ncc(C#N)cc1N. The van der Waals surface area contributed by atoms with Crippen LogP contribution < -0.4 is 11.1 Å². The first kappa shape index (κ1) is 12.3. The number of nitrogens with one attached hydrogen (secondary N) is 1. The highest BCUT2D eigenvalue weighted by Gasteiger charge is 2.18. The zero-order valence-electron chi connectivity index (χ0n) is 9.74. The molecule has 1 aromatic rings. The molecule has 16 heavy (non-hydrogen) atoms. The summed E-state index contributed by atoms with van der Waals surface area (Å²) in [6.07, 6.45) is 1.49. The quantitative estimate of drug-likeness (QED) is 0.800. The summed E-state index contributed by atoms with van der Waals surface area (Å²) >= 11 is 0. The van der Waals surface area contributed by atoms with Crippen molar-refractivity contribution in [2.45, 2.75) is 19.4 Å². The van der Waals surface area contributed by atoms with Gasteiger partial charge in [-0.2, -0.15) is 5.26 Å². The van der Waals surface area contributed by atoms with Crippen LogP contribution in [0.3, 0.4) is 0 Å². The van der Waals surface area contributed by atoms with E-state index in [0.717, 1.165) is 0 Å². The van der Waals surface area contributed by atoms with E-state index < -0.39 is 0 Å². The lowest BCUT2D eigenvalue weighted by Gasteiger charge is -2.26. The van der Waals surface area contributed by atoms with Crippen LogP contribution in [0, 0.1) is 11.3 Å². The second kappa shape index (κ2) is 4.81. The van der Waals surface area contributed by atoms with Crippen LogP contribution in [0.1, 0.15) is 19.4 Å². The molecule has 0 radical (unpaired) electrons. The van der Waals surface area contributed by atoms with E-state index in [1.807, 2.05) is 19.9 Å². The third-order valence-corrected chi connectivity index (χ3v) is 2.01. The molecule has 5 heteroatoms. The lowest BCUT2D eigenvalue weighted by Crippen LogP contribution is -2.36. The normalized spacial score (nSPS) is 10.9. The Morgan fingerprint density at radius 2 is 2.31 bits per heavy atom. The summed E-state index contributed by atoms with van der Waals surface area (Å²) in [4.78, 5) is 4.10. The first-order valence-corrected chi connectivity index (χ1v) is 4.91. The predicted octanol–water partition coefficient (Wildman–Crippen LogP) is 1.37. The van der Waals surface area contributed by atoms with Crippen molar-refractivity contribution in [3.8, 4) is 6.07 Å². The zero-order chi connectivity index (χ0) is 12.2. The first-order chi connectivity index (χ1) is 7.48. The molecule has 0 aliphatic rings. The van der Waals surface area contributed by atoms with Crippen LogP contribution >= 0.6 is 0 Å². The minimum absolute atomic E-state index is 0.260. The molecule has 1 rings (SSSR count). The molecule has 0 unspecified atom stereocenters. The minimum Gasteiger partial charge on any atom is -0.396 e. The van der Waals surface area contributed by atoms with E-state index in [-0.39, 0.29) is 5.54 Å². The molecule has 0 saturated heterocycles. The highest BCUT2D eigenvalue weighted by atomic mass is 16.5. The number of nitrogens with zero attached hydrogens (tertiary/aromatic N) is 2. The fraction of sp³-hybridized carbons (Fsp3) is 0.455. The largest absolute Gasteiger partial charge is 0.396 e. The summed E-state index contributed by atoms with van der Waals surface area (Å²) in [5.74, 6) is 0.570. The molecule has 1 aromatic heterocycles. The molecule has 0 atom stereocenters. The van der Waals surface area contributed by atoms with Crippen LogP contribution in [0.15, 0.2) is 12.3 Å². The minimum atomic E-state index is -0.260. The molecule has 0 spiro atoms. The van der Waals surface area contributed by atoms with E-state index in [4.69, 9.17) is 15.7 Å². The number of hydrogen-bond donors (Lipinski definition) is 2. The Bertz CT molecular complexity index is 409. The second-order valence-corrected chi connectivity index (χ2v) is 4.22. The van der Waals surface area contributed by atoms with Crippen LogP contribution in [-0.4, -0.2) is 24.2 Å². The van der Waals surface area contributed by atoms with Crippen LogP contribution in [0.25, 0.3) is 0 Å². The van der Waals surface area contributed by atoms with E-state index in [1.54, 1.807) is 13.2 Å². The van der Waals surface area contributed by atoms with E-state index in [2.05, 4.69) is 10.3 Å². The fourth-order valence-electron chi connectivity index (χ4n) is 1.36. The third kappa shape index (κ3) is 3.11. The number of nitrogens with two attached hydrogens (primary N) is 1. The van der Waals surface area contributed by atoms with Crippen LogP contribution in [0.4, 0.5) is 11.5 Å². The van der Waals surface area contributed by atoms with E-state index in [1.165, 1.54) is 6.20 Å². The smallest absolute Gasteiger partial charge is 0.149 e. The van der Waals surface area contributed by atoms with E-state index >= 15 is 0 Å². The van der Waals surface area contributed by atoms with Gasteiger partial charge in [0.2, 0.25) is 0 Å². The zero-order valence-corrected chi connectivity index (χ0v) is 9.74. The second-order valence-electron chi connectivity index (χ2n) is 4.22. The number of anilines is 2. The van der Waals surface area contributed by atoms with Crippen LogP contribution in [0.2, 0.25) is 0 Å². The third-order valence-electron chi connectivity index (χ3n) is 2.01. The first-order valence-electron chi connectivity index (χ1n) is 4.91. The van der Waals surface area contributed by atoms with Gasteiger partial charge in [-0.3, -0.25) is 0 Å². The average molecular weight is 220 g/mol. The van der Waals surface area contributed by atoms with Gasteiger partial charge in [-0.05, 0) is 19.9 Å². The molecular weight excluding hydrogens is 204 g/mol. The fourth-order valence-corrected chi connectivity index (χ4v) is 1.36. The van der Waals surface area contributed by atoms with Crippen molar-refractivity contribution in [2.75, 3.05) is 24.8 Å². The number of methoxy groups -OCH3 is 1. The monoisotopic (exact) mass is 220 g/mol. The Labute approximate surface area is 95.2 Å². The molecule has 0 bridgehead atoms. The summed E-state index contributed by atoms with van der Waals surface area (Å²) in [5, 5.41) is 11.9. The van der Waals surface area contributed by atoms with Crippen molar-refractivity contribution >= 4 is 11.5 Å². The van der Waals surface area contributed by atoms with Gasteiger partial charge in [0.05, 0.1) is 23.4 Å². The highest BCUT2D eigenvalue weighted by molar-refractivity contribution is 5.63. The Balaban J connectivity index is 2.86. The molecule has 0 fully saturated rings. The maximum atomic E-state index is 8.68. The Kier molecular flexibility index (Phi) is 3.69. The number of rotatable bonds is 4. The van der Waals surface area contributed by atoms with Gasteiger partial charge in [0.25, 0.3) is 0 Å². The number of ether oxygens (including phenoxy) is 1. The van der Waals surface area contributed by atoms with Gasteiger partial charge in [-0.25, -0.2) is 4.98 Å². The number of pyridine rings is 1. The molecule has 3 N–H and O–H groups in total. The van der Waals surface area contributed by atoms with Gasteiger partial charge in [0.15, 0.2) is 0 Å². The van der Waals surface area contributed by atoms with Gasteiger partial charge in [-0.1, -0.05) is 0 Å². The van der Waals surface area contributed by atoms with Gasteiger partial charge in [0, 0.05) is 13.3 Å². The van der Waals surface area contributed by atoms with Gasteiger partial charge < -0.3 is 15.8 Å². The topological polar surface area (TPSA) is 84.0 Å². The molecule has 0 saturated carbocycles. The number of nitriles is 1. The van der Waals surface area contributed by atoms with Crippen LogP contribution in [0.5, 0.6) is 0 Å². The van der Waals surface area contributed by atoms with Gasteiger partial charge >= 0.3 is 0 Å². The van der Waals surface area contributed by atoms with Crippen molar-refractivity contribution in [2.24, 2.45) is 0 Å². The molecular formula is C11H16N4O. The van der Waals surface area contributed by atoms with Crippen molar-refractivity contribution in [1.29, 1.82) is 5.26 Å². The molecule has 5 nitrogen and oxygen atoms in total. The average Bonchev–Trinajstić information content (AvgIpc) is 2.20. The summed E-state index contributed by atoms with van der Waals surface area (Å²) in [7, 11) is 1.64. The Hall–Kier alpha value is -1.80. The molecule has 86 valence electrons. The number of nitrogen functional groups attached to an aromatic ring is 1. The lowest BCUT2D eigenvalue weighted by molar-refractivity contribution is 0.158. The van der Waals surface area contributed by atoms with Crippen LogP contribution in [-0.2, 0) is 4.74 Å². The molecule has 0 aliphatic heterocycles. The maximum Gasteiger partial charge on any atom is 0.149 e. The van der Waals surface area contributed by atoms with E-state index in [9.17, 15) is 0 Å². The van der Waals surface area contributed by atoms with Gasteiger partial charge in [0.1, 0.15) is 11.9 Å². The molecule has 0 aliphatic carbocycles. The molecule has 0 amide bonds. The number of aromatic nitrogens is 1. The van der Waals surface area contributed by atoms with Crippen molar-refractivity contribution in [1.82, 2.24) is 4.98 Å². The highest BCUT2D eigenvalue weighted by Crippen LogP contribution is 2.20. The van der Waals surface area contributed by atoms with Crippen molar-refractivity contribution in [3.05, 3.63) is 17.8 Å². The Morgan fingerprint density at radius 3 is 2.81 bits per heavy atom. The number of hydrogen-bond acceptors (Lipinski definition) is 5. The summed E-state index contributed by atoms with van der Waals surface area (Å²) < 4.78 is 5.08. The lowest BCUT2D eigenvalue weighted by atomic mass is 10.1. The maximum absolute atomic E-state index is 8.68. The van der Waals surface area contributed by atoms with Crippen molar-refractivity contribution in [3.63, 3.8) is 0 Å². The summed E-state index contributed by atoms with van der Waals surface area (Å²) in [5.41, 5.74) is 6.44. The van der Waals surface area contributed by atoms with Gasteiger partial charge in [-0.15, -0.1) is 0 Å².